The Labute approximate surface area is 127 Å². The second-order valence-corrected chi connectivity index (χ2v) is 5.73. The molecule has 20 heavy (non-hydrogen) atoms. The van der Waals surface area contributed by atoms with Crippen molar-refractivity contribution >= 4 is 21.8 Å². The third kappa shape index (κ3) is 4.11. The van der Waals surface area contributed by atoms with Gasteiger partial charge in [-0.1, -0.05) is 11.6 Å². The molecule has 0 radical (unpaired) electrons. The van der Waals surface area contributed by atoms with E-state index in [1.54, 1.807) is 6.07 Å². The highest BCUT2D eigenvalue weighted by Crippen LogP contribution is 2.23. The molecule has 0 amide bonds. The highest BCUT2D eigenvalue weighted by Gasteiger charge is 2.10. The van der Waals surface area contributed by atoms with Gasteiger partial charge in [0.1, 0.15) is 12.4 Å². The summed E-state index contributed by atoms with van der Waals surface area (Å²) in [5.74, 6) is 0.861. The molecule has 1 aromatic rings. The number of piperidine rings is 1. The number of ether oxygens (including phenoxy) is 1. The van der Waals surface area contributed by atoms with Crippen molar-refractivity contribution < 1.29 is 9.94 Å². The predicted octanol–water partition coefficient (Wildman–Crippen LogP) is 2.41. The Morgan fingerprint density at radius 2 is 2.10 bits per heavy atom. The van der Waals surface area contributed by atoms with Crippen molar-refractivity contribution in [3.8, 4) is 5.75 Å². The molecule has 0 aromatic heterocycles. The molecule has 0 spiro atoms. The zero-order valence-corrected chi connectivity index (χ0v) is 13.0. The summed E-state index contributed by atoms with van der Waals surface area (Å²) < 4.78 is 6.50. The molecule has 1 aliphatic heterocycles. The minimum absolute atomic E-state index is 0.0803. The quantitative estimate of drug-likeness (QED) is 0.373. The van der Waals surface area contributed by atoms with E-state index in [0.717, 1.165) is 16.8 Å². The average Bonchev–Trinajstić information content (AvgIpc) is 2.48. The molecule has 1 aliphatic rings. The van der Waals surface area contributed by atoms with Crippen molar-refractivity contribution in [2.45, 2.75) is 19.3 Å². The topological polar surface area (TPSA) is 71.1 Å². The molecule has 1 saturated heterocycles. The lowest BCUT2D eigenvalue weighted by Crippen LogP contribution is -2.33. The third-order valence-electron chi connectivity index (χ3n) is 3.45. The SMILES string of the molecule is N/C(=N/O)c1ccc(OCCN2CCCCC2)cc1Br. The molecule has 1 aromatic carbocycles. The lowest BCUT2D eigenvalue weighted by molar-refractivity contribution is 0.183. The minimum Gasteiger partial charge on any atom is -0.492 e. The Morgan fingerprint density at radius 1 is 1.35 bits per heavy atom. The molecule has 0 atom stereocenters. The van der Waals surface area contributed by atoms with Crippen molar-refractivity contribution in [1.29, 1.82) is 0 Å². The van der Waals surface area contributed by atoms with Gasteiger partial charge in [-0.3, -0.25) is 4.90 Å². The van der Waals surface area contributed by atoms with E-state index >= 15 is 0 Å². The van der Waals surface area contributed by atoms with Gasteiger partial charge in [0.15, 0.2) is 5.84 Å². The largest absolute Gasteiger partial charge is 0.492 e. The monoisotopic (exact) mass is 341 g/mol. The highest BCUT2D eigenvalue weighted by molar-refractivity contribution is 9.10. The maximum atomic E-state index is 8.67. The van der Waals surface area contributed by atoms with Crippen LogP contribution >= 0.6 is 15.9 Å². The molecule has 110 valence electrons. The Balaban J connectivity index is 1.85. The molecular weight excluding hydrogens is 322 g/mol. The van der Waals surface area contributed by atoms with Crippen LogP contribution in [0.1, 0.15) is 24.8 Å². The number of rotatable bonds is 5. The van der Waals surface area contributed by atoms with Crippen molar-refractivity contribution in [2.24, 2.45) is 10.9 Å². The van der Waals surface area contributed by atoms with Crippen LogP contribution in [0.5, 0.6) is 5.75 Å². The molecule has 5 nitrogen and oxygen atoms in total. The van der Waals surface area contributed by atoms with E-state index in [9.17, 15) is 0 Å². The van der Waals surface area contributed by atoms with Gasteiger partial charge in [-0.15, -0.1) is 0 Å². The van der Waals surface area contributed by atoms with Gasteiger partial charge >= 0.3 is 0 Å². The van der Waals surface area contributed by atoms with Crippen LogP contribution in [0.4, 0.5) is 0 Å². The lowest BCUT2D eigenvalue weighted by atomic mass is 10.1. The van der Waals surface area contributed by atoms with Crippen LogP contribution in [0.3, 0.4) is 0 Å². The standard InChI is InChI=1S/C14H20BrN3O2/c15-13-10-11(4-5-12(13)14(16)17-19)20-9-8-18-6-2-1-3-7-18/h4-5,10,19H,1-3,6-9H2,(H2,16,17). The van der Waals surface area contributed by atoms with Crippen LogP contribution in [0.15, 0.2) is 27.8 Å². The summed E-state index contributed by atoms with van der Waals surface area (Å²) in [5, 5.41) is 11.7. The molecule has 0 saturated carbocycles. The highest BCUT2D eigenvalue weighted by atomic mass is 79.9. The second kappa shape index (κ2) is 7.50. The van der Waals surface area contributed by atoms with Gasteiger partial charge in [0.2, 0.25) is 0 Å². The first-order chi connectivity index (χ1) is 9.70. The molecule has 0 bridgehead atoms. The predicted molar refractivity (Wildman–Crippen MR) is 82.4 cm³/mol. The Kier molecular flexibility index (Phi) is 5.67. The first-order valence-corrected chi connectivity index (χ1v) is 7.62. The van der Waals surface area contributed by atoms with Crippen LogP contribution in [0.25, 0.3) is 0 Å². The van der Waals surface area contributed by atoms with E-state index in [-0.39, 0.29) is 5.84 Å². The smallest absolute Gasteiger partial charge is 0.171 e. The van der Waals surface area contributed by atoms with E-state index in [4.69, 9.17) is 15.7 Å². The maximum Gasteiger partial charge on any atom is 0.171 e. The zero-order valence-electron chi connectivity index (χ0n) is 11.4. The number of nitrogens with two attached hydrogens (primary N) is 1. The number of halogens is 1. The number of likely N-dealkylation sites (tertiary alicyclic amines) is 1. The summed E-state index contributed by atoms with van der Waals surface area (Å²) in [6.45, 7) is 3.99. The Hall–Kier alpha value is -1.27. The molecule has 6 heteroatoms. The van der Waals surface area contributed by atoms with E-state index in [0.29, 0.717) is 12.2 Å². The molecule has 0 aliphatic carbocycles. The second-order valence-electron chi connectivity index (χ2n) is 4.88. The Morgan fingerprint density at radius 3 is 2.75 bits per heavy atom. The van der Waals surface area contributed by atoms with E-state index < -0.39 is 0 Å². The van der Waals surface area contributed by atoms with Gasteiger partial charge in [0, 0.05) is 16.6 Å². The minimum atomic E-state index is 0.0803. The molecule has 1 heterocycles. The van der Waals surface area contributed by atoms with Crippen LogP contribution in [-0.4, -0.2) is 42.2 Å². The average molecular weight is 342 g/mol. The van der Waals surface area contributed by atoms with Crippen molar-refractivity contribution in [1.82, 2.24) is 4.90 Å². The van der Waals surface area contributed by atoms with Gasteiger partial charge in [-0.05, 0) is 60.1 Å². The summed E-state index contributed by atoms with van der Waals surface area (Å²) in [6.07, 6.45) is 3.93. The first kappa shape index (κ1) is 15.1. The van der Waals surface area contributed by atoms with Crippen LogP contribution < -0.4 is 10.5 Å². The molecular formula is C14H20BrN3O2. The van der Waals surface area contributed by atoms with E-state index in [1.807, 2.05) is 12.1 Å². The molecule has 3 N–H and O–H groups in total. The number of nitrogens with zero attached hydrogens (tertiary/aromatic N) is 2. The normalized spacial score (nSPS) is 17.1. The van der Waals surface area contributed by atoms with E-state index in [1.165, 1.54) is 32.4 Å². The maximum absolute atomic E-state index is 8.67. The fourth-order valence-electron chi connectivity index (χ4n) is 2.32. The van der Waals surface area contributed by atoms with Gasteiger partial charge in [0.05, 0.1) is 0 Å². The van der Waals surface area contributed by atoms with Crippen molar-refractivity contribution in [3.63, 3.8) is 0 Å². The van der Waals surface area contributed by atoms with Gasteiger partial charge in [-0.25, -0.2) is 0 Å². The summed E-state index contributed by atoms with van der Waals surface area (Å²) in [4.78, 5) is 2.43. The molecule has 1 fully saturated rings. The summed E-state index contributed by atoms with van der Waals surface area (Å²) >= 11 is 3.39. The van der Waals surface area contributed by atoms with E-state index in [2.05, 4.69) is 26.0 Å². The van der Waals surface area contributed by atoms with Gasteiger partial charge < -0.3 is 15.7 Å². The number of hydrogen-bond acceptors (Lipinski definition) is 4. The fraction of sp³-hybridized carbons (Fsp3) is 0.500. The molecule has 0 unspecified atom stereocenters. The van der Waals surface area contributed by atoms with Crippen LogP contribution in [0.2, 0.25) is 0 Å². The summed E-state index contributed by atoms with van der Waals surface area (Å²) in [5.41, 5.74) is 6.21. The zero-order chi connectivity index (χ0) is 14.4. The van der Waals surface area contributed by atoms with Crippen LogP contribution in [-0.2, 0) is 0 Å². The lowest BCUT2D eigenvalue weighted by Gasteiger charge is -2.26. The number of benzene rings is 1. The Bertz CT molecular complexity index is 473. The van der Waals surface area contributed by atoms with Crippen LogP contribution in [0, 0.1) is 0 Å². The number of oxime groups is 1. The molecule has 2 rings (SSSR count). The fourth-order valence-corrected chi connectivity index (χ4v) is 2.88. The third-order valence-corrected chi connectivity index (χ3v) is 4.11. The number of amidine groups is 1. The summed E-state index contributed by atoms with van der Waals surface area (Å²) in [6, 6.07) is 5.44. The summed E-state index contributed by atoms with van der Waals surface area (Å²) in [7, 11) is 0. The number of hydrogen-bond donors (Lipinski definition) is 2. The van der Waals surface area contributed by atoms with Gasteiger partial charge in [0.25, 0.3) is 0 Å². The van der Waals surface area contributed by atoms with Gasteiger partial charge in [-0.2, -0.15) is 0 Å². The first-order valence-electron chi connectivity index (χ1n) is 6.83. The van der Waals surface area contributed by atoms with Crippen molar-refractivity contribution in [2.75, 3.05) is 26.2 Å². The van der Waals surface area contributed by atoms with Crippen molar-refractivity contribution in [3.05, 3.63) is 28.2 Å².